The molecule has 0 fully saturated rings. The second kappa shape index (κ2) is 6.98. The Hall–Kier alpha value is 0.870. The van der Waals surface area contributed by atoms with Crippen molar-refractivity contribution in [3.8, 4) is 0 Å². The van der Waals surface area contributed by atoms with Crippen LogP contribution in [0.4, 0.5) is 0 Å². The lowest BCUT2D eigenvalue weighted by molar-refractivity contribution is 0.832. The van der Waals surface area contributed by atoms with Gasteiger partial charge in [-0.2, -0.15) is 0 Å². The van der Waals surface area contributed by atoms with Gasteiger partial charge in [0.1, 0.15) is 0 Å². The number of hydrogen-bond acceptors (Lipinski definition) is 0. The fraction of sp³-hybridized carbons (Fsp3) is 0.833. The van der Waals surface area contributed by atoms with Crippen molar-refractivity contribution < 1.29 is 0 Å². The zero-order valence-electron chi connectivity index (χ0n) is 5.17. The average Bonchev–Trinajstić information content (AvgIpc) is 1.88. The van der Waals surface area contributed by atoms with Crippen LogP contribution in [0.5, 0.6) is 0 Å². The van der Waals surface area contributed by atoms with Gasteiger partial charge in [-0.1, -0.05) is 0 Å². The molecule has 0 rings (SSSR count). The Morgan fingerprint density at radius 3 is 1.56 bits per heavy atom. The largest absolute Gasteiger partial charge is 0.127 e. The van der Waals surface area contributed by atoms with Crippen molar-refractivity contribution in [2.24, 2.45) is 0 Å². The van der Waals surface area contributed by atoms with Crippen molar-refractivity contribution in [3.05, 3.63) is 5.92 Å². The van der Waals surface area contributed by atoms with Crippen LogP contribution in [0.25, 0.3) is 0 Å². The molecule has 3 heteroatoms. The van der Waals surface area contributed by atoms with Gasteiger partial charge in [-0.3, -0.25) is 0 Å². The summed E-state index contributed by atoms with van der Waals surface area (Å²) in [4.78, 5) is 0. The van der Waals surface area contributed by atoms with Crippen LogP contribution in [-0.2, 0) is 0 Å². The number of rotatable bonds is 5. The van der Waals surface area contributed by atoms with Crippen LogP contribution in [0.3, 0.4) is 0 Å². The second-order valence-corrected chi connectivity index (χ2v) is 2.78. The van der Waals surface area contributed by atoms with E-state index in [0.29, 0.717) is 17.6 Å². The monoisotopic (exact) mass is 187 g/mol. The summed E-state index contributed by atoms with van der Waals surface area (Å²) >= 11 is 16.5. The van der Waals surface area contributed by atoms with Crippen molar-refractivity contribution in [1.29, 1.82) is 0 Å². The Kier molecular flexibility index (Phi) is 7.66. The van der Waals surface area contributed by atoms with Gasteiger partial charge >= 0.3 is 0 Å². The summed E-state index contributed by atoms with van der Waals surface area (Å²) in [5.41, 5.74) is 0. The highest BCUT2D eigenvalue weighted by atomic mass is 35.5. The minimum absolute atomic E-state index is 0.597. The molecule has 0 bridgehead atoms. The number of alkyl halides is 3. The zero-order chi connectivity index (χ0) is 7.11. The van der Waals surface area contributed by atoms with Crippen molar-refractivity contribution in [1.82, 2.24) is 0 Å². The minimum Gasteiger partial charge on any atom is -0.127 e. The smallest absolute Gasteiger partial charge is 0.0286 e. The molecule has 55 valence electrons. The highest BCUT2D eigenvalue weighted by molar-refractivity contribution is 6.20. The molecule has 0 aromatic carbocycles. The molecule has 0 spiro atoms. The van der Waals surface area contributed by atoms with Crippen LogP contribution in [0, 0.1) is 5.92 Å². The van der Waals surface area contributed by atoms with E-state index in [-0.39, 0.29) is 0 Å². The van der Waals surface area contributed by atoms with Crippen LogP contribution < -0.4 is 0 Å². The summed E-state index contributed by atoms with van der Waals surface area (Å²) in [6.07, 6.45) is 1.80. The molecule has 0 saturated carbocycles. The maximum absolute atomic E-state index is 5.57. The fourth-order valence-electron chi connectivity index (χ4n) is 0.526. The van der Waals surface area contributed by atoms with Crippen LogP contribution in [-0.4, -0.2) is 17.6 Å². The molecule has 0 saturated heterocycles. The fourth-order valence-corrected chi connectivity index (χ4v) is 1.33. The van der Waals surface area contributed by atoms with Crippen molar-refractivity contribution in [2.45, 2.75) is 12.8 Å². The third kappa shape index (κ3) is 5.32. The summed E-state index contributed by atoms with van der Waals surface area (Å²) in [6.45, 7) is 0. The van der Waals surface area contributed by atoms with Crippen LogP contribution in [0.15, 0.2) is 0 Å². The standard InChI is InChI=1S/C6H10Cl3/c7-3-1-6(5-9)2-4-8/h1-5H2. The van der Waals surface area contributed by atoms with E-state index >= 15 is 0 Å². The summed E-state index contributed by atoms with van der Waals surface area (Å²) in [7, 11) is 0. The maximum Gasteiger partial charge on any atom is 0.0286 e. The molecule has 1 radical (unpaired) electrons. The quantitative estimate of drug-likeness (QED) is 0.582. The molecule has 0 aromatic heterocycles. The molecule has 0 aliphatic rings. The molecule has 0 aliphatic heterocycles. The molecule has 0 aliphatic carbocycles. The van der Waals surface area contributed by atoms with Gasteiger partial charge in [-0.15, -0.1) is 34.8 Å². The molecule has 0 amide bonds. The van der Waals surface area contributed by atoms with E-state index < -0.39 is 0 Å². The first-order valence-corrected chi connectivity index (χ1v) is 4.47. The first-order valence-electron chi connectivity index (χ1n) is 2.86. The van der Waals surface area contributed by atoms with Crippen molar-refractivity contribution in [2.75, 3.05) is 17.6 Å². The molecule has 9 heavy (non-hydrogen) atoms. The molecule has 0 aromatic rings. The first kappa shape index (κ1) is 9.87. The number of halogens is 3. The normalized spacial score (nSPS) is 10.7. The van der Waals surface area contributed by atoms with Gasteiger partial charge in [-0.25, -0.2) is 0 Å². The van der Waals surface area contributed by atoms with Crippen LogP contribution in [0.2, 0.25) is 0 Å². The Morgan fingerprint density at radius 2 is 1.33 bits per heavy atom. The maximum atomic E-state index is 5.57. The van der Waals surface area contributed by atoms with E-state index in [0.717, 1.165) is 12.8 Å². The first-order chi connectivity index (χ1) is 4.35. The van der Waals surface area contributed by atoms with E-state index in [9.17, 15) is 0 Å². The second-order valence-electron chi connectivity index (χ2n) is 1.76. The zero-order valence-corrected chi connectivity index (χ0v) is 7.44. The topological polar surface area (TPSA) is 0 Å². The molecule has 0 heterocycles. The predicted octanol–water partition coefficient (Wildman–Crippen LogP) is 3.06. The number of hydrogen-bond donors (Lipinski definition) is 0. The predicted molar refractivity (Wildman–Crippen MR) is 44.6 cm³/mol. The van der Waals surface area contributed by atoms with Gasteiger partial charge in [-0.05, 0) is 18.8 Å². The van der Waals surface area contributed by atoms with Gasteiger partial charge in [0, 0.05) is 17.6 Å². The van der Waals surface area contributed by atoms with Crippen LogP contribution >= 0.6 is 34.8 Å². The Balaban J connectivity index is 3.18. The van der Waals surface area contributed by atoms with Crippen molar-refractivity contribution in [3.63, 3.8) is 0 Å². The van der Waals surface area contributed by atoms with Gasteiger partial charge in [0.25, 0.3) is 0 Å². The van der Waals surface area contributed by atoms with Gasteiger partial charge < -0.3 is 0 Å². The van der Waals surface area contributed by atoms with E-state index in [2.05, 4.69) is 0 Å². The van der Waals surface area contributed by atoms with Gasteiger partial charge in [0.05, 0.1) is 0 Å². The van der Waals surface area contributed by atoms with E-state index in [4.69, 9.17) is 34.8 Å². The summed E-state index contributed by atoms with van der Waals surface area (Å²) in [6, 6.07) is 0. The molecule has 0 unspecified atom stereocenters. The van der Waals surface area contributed by atoms with E-state index in [1.54, 1.807) is 0 Å². The van der Waals surface area contributed by atoms with Gasteiger partial charge in [0.15, 0.2) is 0 Å². The third-order valence-electron chi connectivity index (χ3n) is 1.09. The molecule has 0 atom stereocenters. The minimum atomic E-state index is 0.597. The average molecular weight is 189 g/mol. The lowest BCUT2D eigenvalue weighted by atomic mass is 10.1. The van der Waals surface area contributed by atoms with E-state index in [1.165, 1.54) is 5.92 Å². The Labute approximate surface area is 71.5 Å². The summed E-state index contributed by atoms with van der Waals surface area (Å²) < 4.78 is 0. The molecule has 0 N–H and O–H groups in total. The Bertz CT molecular complexity index is 50.3. The lowest BCUT2D eigenvalue weighted by Gasteiger charge is -2.07. The lowest BCUT2D eigenvalue weighted by Crippen LogP contribution is -2.00. The summed E-state index contributed by atoms with van der Waals surface area (Å²) in [5, 5.41) is 0. The molecular formula is C6H10Cl3. The highest BCUT2D eigenvalue weighted by Crippen LogP contribution is 2.14. The SMILES string of the molecule is ClCC[C](CCl)CCCl. The summed E-state index contributed by atoms with van der Waals surface area (Å²) in [5.74, 6) is 3.15. The molecule has 0 nitrogen and oxygen atoms in total. The third-order valence-corrected chi connectivity index (χ3v) is 1.84. The highest BCUT2D eigenvalue weighted by Gasteiger charge is 2.04. The Morgan fingerprint density at radius 1 is 0.889 bits per heavy atom. The van der Waals surface area contributed by atoms with Crippen LogP contribution in [0.1, 0.15) is 12.8 Å². The van der Waals surface area contributed by atoms with E-state index in [1.807, 2.05) is 0 Å². The van der Waals surface area contributed by atoms with Crippen molar-refractivity contribution >= 4 is 34.8 Å². The van der Waals surface area contributed by atoms with Gasteiger partial charge in [0.2, 0.25) is 0 Å². The molecular weight excluding hydrogens is 178 g/mol.